The first-order chi connectivity index (χ1) is 15.3. The van der Waals surface area contributed by atoms with E-state index in [1.807, 2.05) is 0 Å². The summed E-state index contributed by atoms with van der Waals surface area (Å²) in [6.07, 6.45) is 0. The lowest BCUT2D eigenvalue weighted by Gasteiger charge is -2.16. The van der Waals surface area contributed by atoms with Crippen LogP contribution in [-0.2, 0) is 14.4 Å². The molecule has 168 valence electrons. The molecule has 32 heavy (non-hydrogen) atoms. The van der Waals surface area contributed by atoms with Gasteiger partial charge in [-0.1, -0.05) is 12.1 Å². The molecular formula is C23H25N3O6. The van der Waals surface area contributed by atoms with Gasteiger partial charge in [0, 0.05) is 37.0 Å². The number of hydrogen-bond donors (Lipinski definition) is 2. The number of imide groups is 1. The van der Waals surface area contributed by atoms with Crippen LogP contribution in [-0.4, -0.2) is 50.5 Å². The summed E-state index contributed by atoms with van der Waals surface area (Å²) in [6.45, 7) is 3.37. The highest BCUT2D eigenvalue weighted by Gasteiger charge is 2.38. The summed E-state index contributed by atoms with van der Waals surface area (Å²) < 4.78 is 16.1. The van der Waals surface area contributed by atoms with E-state index in [1.165, 1.54) is 28.3 Å². The van der Waals surface area contributed by atoms with E-state index in [9.17, 15) is 14.4 Å². The molecular weight excluding hydrogens is 414 g/mol. The van der Waals surface area contributed by atoms with E-state index in [0.717, 1.165) is 4.90 Å². The van der Waals surface area contributed by atoms with Crippen molar-refractivity contribution in [3.8, 4) is 17.2 Å². The summed E-state index contributed by atoms with van der Waals surface area (Å²) in [4.78, 5) is 38.5. The zero-order chi connectivity index (χ0) is 23.4. The van der Waals surface area contributed by atoms with Gasteiger partial charge >= 0.3 is 0 Å². The number of nitrogens with zero attached hydrogens (tertiary/aromatic N) is 1. The average molecular weight is 439 g/mol. The monoisotopic (exact) mass is 439 g/mol. The highest BCUT2D eigenvalue weighted by Crippen LogP contribution is 2.41. The maximum Gasteiger partial charge on any atom is 0.278 e. The van der Waals surface area contributed by atoms with Crippen molar-refractivity contribution in [2.24, 2.45) is 0 Å². The van der Waals surface area contributed by atoms with Crippen LogP contribution in [0.5, 0.6) is 17.2 Å². The van der Waals surface area contributed by atoms with Crippen LogP contribution in [0, 0.1) is 0 Å². The zero-order valence-corrected chi connectivity index (χ0v) is 18.6. The molecule has 9 heteroatoms. The summed E-state index contributed by atoms with van der Waals surface area (Å²) in [6, 6.07) is 10.0. The van der Waals surface area contributed by atoms with E-state index in [0.29, 0.717) is 34.2 Å². The lowest BCUT2D eigenvalue weighted by Crippen LogP contribution is -2.32. The quantitative estimate of drug-likeness (QED) is 0.609. The summed E-state index contributed by atoms with van der Waals surface area (Å²) in [7, 11) is 4.48. The lowest BCUT2D eigenvalue weighted by molar-refractivity contribution is -0.136. The minimum absolute atomic E-state index is 0.137. The number of amides is 3. The van der Waals surface area contributed by atoms with Gasteiger partial charge in [-0.2, -0.15) is 0 Å². The number of likely N-dealkylation sites (N-methyl/N-ethyl adjacent to an activating group) is 1. The second-order valence-corrected chi connectivity index (χ2v) is 6.90. The first kappa shape index (κ1) is 22.7. The van der Waals surface area contributed by atoms with Gasteiger partial charge in [0.25, 0.3) is 11.8 Å². The molecule has 0 unspecified atom stereocenters. The van der Waals surface area contributed by atoms with Crippen molar-refractivity contribution in [2.75, 3.05) is 38.5 Å². The van der Waals surface area contributed by atoms with Crippen LogP contribution in [0.3, 0.4) is 0 Å². The standard InChI is InChI=1S/C23H25N3O6/c1-6-26-22(28)19(14-7-9-15(10-8-14)24-13(2)27)20(23(26)29)25-16-11-17(30-3)21(32-5)18(12-16)31-4/h7-12,25H,6H2,1-5H3,(H,24,27). The number of anilines is 2. The Morgan fingerprint density at radius 1 is 0.906 bits per heavy atom. The Morgan fingerprint density at radius 2 is 1.50 bits per heavy atom. The van der Waals surface area contributed by atoms with Crippen molar-refractivity contribution in [3.63, 3.8) is 0 Å². The van der Waals surface area contributed by atoms with Crippen molar-refractivity contribution in [3.05, 3.63) is 47.7 Å². The SMILES string of the molecule is CCN1C(=O)C(Nc2cc(OC)c(OC)c(OC)c2)=C(c2ccc(NC(C)=O)cc2)C1=O. The van der Waals surface area contributed by atoms with Gasteiger partial charge in [0.15, 0.2) is 11.5 Å². The molecule has 0 spiro atoms. The van der Waals surface area contributed by atoms with Gasteiger partial charge in [0.2, 0.25) is 11.7 Å². The fourth-order valence-corrected chi connectivity index (χ4v) is 3.47. The van der Waals surface area contributed by atoms with Gasteiger partial charge < -0.3 is 24.8 Å². The molecule has 1 aliphatic heterocycles. The van der Waals surface area contributed by atoms with Gasteiger partial charge in [-0.3, -0.25) is 19.3 Å². The molecule has 9 nitrogen and oxygen atoms in total. The predicted molar refractivity (Wildman–Crippen MR) is 120 cm³/mol. The fourth-order valence-electron chi connectivity index (χ4n) is 3.47. The summed E-state index contributed by atoms with van der Waals surface area (Å²) in [5, 5.41) is 5.74. The molecule has 2 aromatic rings. The van der Waals surface area contributed by atoms with Crippen molar-refractivity contribution < 1.29 is 28.6 Å². The van der Waals surface area contributed by atoms with Crippen LogP contribution in [0.2, 0.25) is 0 Å². The molecule has 2 aromatic carbocycles. The molecule has 0 atom stereocenters. The molecule has 0 saturated heterocycles. The number of carbonyl (C=O) groups excluding carboxylic acids is 3. The maximum atomic E-state index is 13.0. The van der Waals surface area contributed by atoms with E-state index >= 15 is 0 Å². The Morgan fingerprint density at radius 3 is 1.97 bits per heavy atom. The molecule has 3 amide bonds. The Kier molecular flexibility index (Phi) is 6.67. The normalized spacial score (nSPS) is 13.3. The van der Waals surface area contributed by atoms with Crippen molar-refractivity contribution >= 4 is 34.7 Å². The van der Waals surface area contributed by atoms with Crippen molar-refractivity contribution in [1.82, 2.24) is 4.90 Å². The molecule has 1 aliphatic rings. The highest BCUT2D eigenvalue weighted by atomic mass is 16.5. The largest absolute Gasteiger partial charge is 0.493 e. The number of carbonyl (C=O) groups is 3. The maximum absolute atomic E-state index is 13.0. The Hall–Kier alpha value is -4.01. The molecule has 2 N–H and O–H groups in total. The van der Waals surface area contributed by atoms with Gasteiger partial charge in [-0.25, -0.2) is 0 Å². The topological polar surface area (TPSA) is 106 Å². The van der Waals surface area contributed by atoms with Crippen LogP contribution < -0.4 is 24.8 Å². The van der Waals surface area contributed by atoms with Gasteiger partial charge in [-0.15, -0.1) is 0 Å². The molecule has 0 bridgehead atoms. The minimum Gasteiger partial charge on any atom is -0.493 e. The molecule has 0 aliphatic carbocycles. The molecule has 0 fully saturated rings. The molecule has 3 rings (SSSR count). The minimum atomic E-state index is -0.438. The fraction of sp³-hybridized carbons (Fsp3) is 0.261. The van der Waals surface area contributed by atoms with Gasteiger partial charge in [-0.05, 0) is 24.6 Å². The third kappa shape index (κ3) is 4.22. The van der Waals surface area contributed by atoms with E-state index in [4.69, 9.17) is 14.2 Å². The van der Waals surface area contributed by atoms with Crippen LogP contribution in [0.25, 0.3) is 5.57 Å². The number of rotatable bonds is 8. The number of nitrogens with one attached hydrogen (secondary N) is 2. The Labute approximate surface area is 185 Å². The lowest BCUT2D eigenvalue weighted by atomic mass is 10.0. The van der Waals surface area contributed by atoms with E-state index < -0.39 is 11.8 Å². The molecule has 0 aromatic heterocycles. The Bertz CT molecular complexity index is 1070. The predicted octanol–water partition coefficient (Wildman–Crippen LogP) is 2.88. The van der Waals surface area contributed by atoms with E-state index in [1.54, 1.807) is 43.3 Å². The zero-order valence-electron chi connectivity index (χ0n) is 18.6. The Balaban J connectivity index is 2.08. The first-order valence-electron chi connectivity index (χ1n) is 9.90. The molecule has 0 radical (unpaired) electrons. The van der Waals surface area contributed by atoms with Crippen LogP contribution >= 0.6 is 0 Å². The van der Waals surface area contributed by atoms with Gasteiger partial charge in [0.1, 0.15) is 5.70 Å². The second-order valence-electron chi connectivity index (χ2n) is 6.90. The third-order valence-electron chi connectivity index (χ3n) is 4.91. The highest BCUT2D eigenvalue weighted by molar-refractivity contribution is 6.36. The van der Waals surface area contributed by atoms with Crippen molar-refractivity contribution in [1.29, 1.82) is 0 Å². The summed E-state index contributed by atoms with van der Waals surface area (Å²) >= 11 is 0. The average Bonchev–Trinajstić information content (AvgIpc) is 3.01. The van der Waals surface area contributed by atoms with Crippen molar-refractivity contribution in [2.45, 2.75) is 13.8 Å². The van der Waals surface area contributed by atoms with Crippen LogP contribution in [0.1, 0.15) is 19.4 Å². The number of ether oxygens (including phenoxy) is 3. The van der Waals surface area contributed by atoms with E-state index in [2.05, 4.69) is 10.6 Å². The molecule has 1 heterocycles. The van der Waals surface area contributed by atoms with E-state index in [-0.39, 0.29) is 23.7 Å². The first-order valence-corrected chi connectivity index (χ1v) is 9.90. The van der Waals surface area contributed by atoms with Crippen LogP contribution in [0.4, 0.5) is 11.4 Å². The summed E-state index contributed by atoms with van der Waals surface area (Å²) in [5.41, 5.74) is 1.99. The summed E-state index contributed by atoms with van der Waals surface area (Å²) in [5.74, 6) is 0.172. The van der Waals surface area contributed by atoms with Gasteiger partial charge in [0.05, 0.1) is 26.9 Å². The smallest absolute Gasteiger partial charge is 0.278 e. The third-order valence-corrected chi connectivity index (χ3v) is 4.91. The number of benzene rings is 2. The molecule has 0 saturated carbocycles. The number of methoxy groups -OCH3 is 3. The van der Waals surface area contributed by atoms with Crippen LogP contribution in [0.15, 0.2) is 42.1 Å². The second kappa shape index (κ2) is 9.42. The number of hydrogen-bond acceptors (Lipinski definition) is 7.